The van der Waals surface area contributed by atoms with Crippen LogP contribution in [0.15, 0.2) is 35.6 Å². The van der Waals surface area contributed by atoms with Crippen LogP contribution in [0.2, 0.25) is 0 Å². The minimum absolute atomic E-state index is 0.0162. The summed E-state index contributed by atoms with van der Waals surface area (Å²) in [5.74, 6) is 0.955. The molecule has 4 rings (SSSR count). The second kappa shape index (κ2) is 14.2. The first-order valence-corrected chi connectivity index (χ1v) is 16.5. The van der Waals surface area contributed by atoms with Gasteiger partial charge in [0.2, 0.25) is 11.8 Å². The Morgan fingerprint density at radius 2 is 1.93 bits per heavy atom. The summed E-state index contributed by atoms with van der Waals surface area (Å²) in [6.07, 6.45) is 9.14. The lowest BCUT2D eigenvalue weighted by molar-refractivity contribution is -0.132. The summed E-state index contributed by atoms with van der Waals surface area (Å²) in [5.41, 5.74) is 2.65. The van der Waals surface area contributed by atoms with Crippen LogP contribution in [0, 0.1) is 0 Å². The van der Waals surface area contributed by atoms with Crippen molar-refractivity contribution in [3.8, 4) is 5.75 Å². The van der Waals surface area contributed by atoms with E-state index in [1.165, 1.54) is 18.8 Å². The van der Waals surface area contributed by atoms with Gasteiger partial charge in [0.1, 0.15) is 17.0 Å². The molecule has 1 fully saturated rings. The van der Waals surface area contributed by atoms with Gasteiger partial charge in [-0.3, -0.25) is 14.5 Å². The van der Waals surface area contributed by atoms with Gasteiger partial charge >= 0.3 is 0 Å². The van der Waals surface area contributed by atoms with Crippen molar-refractivity contribution in [2.45, 2.75) is 82.2 Å². The molecule has 11 heteroatoms. The summed E-state index contributed by atoms with van der Waals surface area (Å²) in [6, 6.07) is 6.33. The number of carbonyl (C=O) groups excluding carboxylic acids is 2. The Morgan fingerprint density at radius 1 is 1.15 bits per heavy atom. The van der Waals surface area contributed by atoms with E-state index in [4.69, 9.17) is 4.74 Å². The number of nitrogens with one attached hydrogen (secondary N) is 1. The predicted molar refractivity (Wildman–Crippen MR) is 156 cm³/mol. The van der Waals surface area contributed by atoms with Crippen molar-refractivity contribution in [3.63, 3.8) is 0 Å². The van der Waals surface area contributed by atoms with Gasteiger partial charge in [0.15, 0.2) is 9.84 Å². The van der Waals surface area contributed by atoms with Gasteiger partial charge in [0, 0.05) is 62.6 Å². The standard InChI is InChI=1S/C30H43N5O5S/c1-22(2)35-19-25-17-23(7-9-26(25)40-16-6-4-5-13-32-28(36)20-35)8-10-29(37)34-14-11-24(12-15-34)30-27(41(3,38)39)18-31-21-33-30/h7,9,17-18,21-22,24H,4-6,8,10-16,19-20H2,1-3H3,(H,32,36). The van der Waals surface area contributed by atoms with Gasteiger partial charge in [-0.05, 0) is 64.0 Å². The number of benzene rings is 1. The van der Waals surface area contributed by atoms with Gasteiger partial charge in [-0.25, -0.2) is 18.4 Å². The van der Waals surface area contributed by atoms with Crippen molar-refractivity contribution in [2.24, 2.45) is 0 Å². The van der Waals surface area contributed by atoms with Crippen LogP contribution in [0.4, 0.5) is 0 Å². The first-order chi connectivity index (χ1) is 19.6. The van der Waals surface area contributed by atoms with Crippen molar-refractivity contribution in [1.82, 2.24) is 25.1 Å². The Labute approximate surface area is 243 Å². The topological polar surface area (TPSA) is 122 Å². The number of likely N-dealkylation sites (tertiary alicyclic amines) is 1. The second-order valence-corrected chi connectivity index (χ2v) is 13.4. The molecule has 2 aliphatic heterocycles. The maximum atomic E-state index is 13.1. The number of piperidine rings is 1. The molecule has 0 saturated carbocycles. The third kappa shape index (κ3) is 8.72. The zero-order chi connectivity index (χ0) is 29.4. The first kappa shape index (κ1) is 30.9. The van der Waals surface area contributed by atoms with E-state index >= 15 is 0 Å². The van der Waals surface area contributed by atoms with Gasteiger partial charge in [0.25, 0.3) is 0 Å². The fraction of sp³-hybridized carbons (Fsp3) is 0.600. The van der Waals surface area contributed by atoms with E-state index in [0.29, 0.717) is 70.7 Å². The summed E-state index contributed by atoms with van der Waals surface area (Å²) in [5, 5.41) is 3.03. The van der Waals surface area contributed by atoms with E-state index in [1.54, 1.807) is 0 Å². The highest BCUT2D eigenvalue weighted by atomic mass is 32.2. The molecule has 41 heavy (non-hydrogen) atoms. The monoisotopic (exact) mass is 585 g/mol. The number of sulfone groups is 1. The van der Waals surface area contributed by atoms with Gasteiger partial charge in [-0.15, -0.1) is 0 Å². The van der Waals surface area contributed by atoms with E-state index in [0.717, 1.165) is 36.1 Å². The molecule has 2 amide bonds. The van der Waals surface area contributed by atoms with Crippen molar-refractivity contribution >= 4 is 21.7 Å². The van der Waals surface area contributed by atoms with Crippen LogP contribution in [0.1, 0.15) is 75.1 Å². The number of amides is 2. The van der Waals surface area contributed by atoms with Crippen LogP contribution < -0.4 is 10.1 Å². The maximum absolute atomic E-state index is 13.1. The Kier molecular flexibility index (Phi) is 10.7. The third-order valence-electron chi connectivity index (χ3n) is 7.95. The van der Waals surface area contributed by atoms with E-state index in [1.807, 2.05) is 17.0 Å². The molecule has 1 aromatic heterocycles. The Morgan fingerprint density at radius 3 is 2.66 bits per heavy atom. The summed E-state index contributed by atoms with van der Waals surface area (Å²) < 4.78 is 30.5. The molecule has 0 bridgehead atoms. The van der Waals surface area contributed by atoms with Crippen LogP contribution in [0.5, 0.6) is 5.75 Å². The molecule has 0 atom stereocenters. The summed E-state index contributed by atoms with van der Waals surface area (Å²) in [7, 11) is -3.42. The molecule has 2 aromatic rings. The second-order valence-electron chi connectivity index (χ2n) is 11.4. The predicted octanol–water partition coefficient (Wildman–Crippen LogP) is 3.11. The number of aromatic nitrogens is 2. The van der Waals surface area contributed by atoms with Crippen LogP contribution in [0.3, 0.4) is 0 Å². The van der Waals surface area contributed by atoms with E-state index in [9.17, 15) is 18.0 Å². The molecule has 224 valence electrons. The lowest BCUT2D eigenvalue weighted by Crippen LogP contribution is -2.40. The SMILES string of the molecule is CC(C)N1CC(=O)NCCCCCOc2ccc(CCC(=O)N3CCC(c4ncncc4S(C)(=O)=O)CC3)cc2C1. The molecular weight excluding hydrogens is 542 g/mol. The molecule has 1 saturated heterocycles. The highest BCUT2D eigenvalue weighted by Crippen LogP contribution is 2.31. The highest BCUT2D eigenvalue weighted by molar-refractivity contribution is 7.90. The lowest BCUT2D eigenvalue weighted by Gasteiger charge is -2.32. The van der Waals surface area contributed by atoms with Crippen molar-refractivity contribution < 1.29 is 22.7 Å². The number of hydrogen-bond acceptors (Lipinski definition) is 8. The van der Waals surface area contributed by atoms with Crippen molar-refractivity contribution in [1.29, 1.82) is 0 Å². The number of carbonyl (C=O) groups is 2. The number of aryl methyl sites for hydroxylation is 1. The molecule has 0 radical (unpaired) electrons. The van der Waals surface area contributed by atoms with E-state index in [-0.39, 0.29) is 28.7 Å². The molecule has 0 spiro atoms. The Bertz CT molecular complexity index is 1310. The number of nitrogens with zero attached hydrogens (tertiary/aromatic N) is 4. The Balaban J connectivity index is 1.38. The van der Waals surface area contributed by atoms with Gasteiger partial charge in [0.05, 0.1) is 18.8 Å². The van der Waals surface area contributed by atoms with Gasteiger partial charge in [-0.2, -0.15) is 0 Å². The minimum Gasteiger partial charge on any atom is -0.493 e. The largest absolute Gasteiger partial charge is 0.493 e. The zero-order valence-corrected chi connectivity index (χ0v) is 25.3. The van der Waals surface area contributed by atoms with Gasteiger partial charge in [-0.1, -0.05) is 12.1 Å². The van der Waals surface area contributed by atoms with Crippen LogP contribution >= 0.6 is 0 Å². The molecule has 0 unspecified atom stereocenters. The number of hydrogen-bond donors (Lipinski definition) is 1. The molecule has 3 heterocycles. The molecule has 0 aliphatic carbocycles. The molecule has 2 aliphatic rings. The normalized spacial score (nSPS) is 18.4. The average Bonchev–Trinajstić information content (AvgIpc) is 2.96. The average molecular weight is 586 g/mol. The minimum atomic E-state index is -3.42. The summed E-state index contributed by atoms with van der Waals surface area (Å²) in [4.78, 5) is 38.0. The Hall–Kier alpha value is -3.05. The number of rotatable bonds is 6. The maximum Gasteiger partial charge on any atom is 0.234 e. The van der Waals surface area contributed by atoms with E-state index < -0.39 is 9.84 Å². The highest BCUT2D eigenvalue weighted by Gasteiger charge is 2.28. The van der Waals surface area contributed by atoms with Crippen molar-refractivity contribution in [2.75, 3.05) is 39.0 Å². The summed E-state index contributed by atoms with van der Waals surface area (Å²) >= 11 is 0. The fourth-order valence-corrected chi connectivity index (χ4v) is 6.33. The van der Waals surface area contributed by atoms with Crippen LogP contribution in [-0.4, -0.2) is 85.1 Å². The molecule has 10 nitrogen and oxygen atoms in total. The zero-order valence-electron chi connectivity index (χ0n) is 24.5. The third-order valence-corrected chi connectivity index (χ3v) is 9.06. The van der Waals surface area contributed by atoms with E-state index in [2.05, 4.69) is 40.1 Å². The number of ether oxygens (including phenoxy) is 1. The number of fused-ring (bicyclic) bond motifs is 1. The molecular formula is C30H43N5O5S. The smallest absolute Gasteiger partial charge is 0.234 e. The molecule has 1 N–H and O–H groups in total. The van der Waals surface area contributed by atoms with Crippen LogP contribution in [0.25, 0.3) is 0 Å². The summed E-state index contributed by atoms with van der Waals surface area (Å²) in [6.45, 7) is 7.56. The quantitative estimate of drug-likeness (QED) is 0.549. The lowest BCUT2D eigenvalue weighted by atomic mass is 9.93. The van der Waals surface area contributed by atoms with Crippen molar-refractivity contribution in [3.05, 3.63) is 47.5 Å². The molecule has 1 aromatic carbocycles. The first-order valence-electron chi connectivity index (χ1n) is 14.6. The fourth-order valence-electron chi connectivity index (χ4n) is 5.48. The van der Waals surface area contributed by atoms with Crippen LogP contribution in [-0.2, 0) is 32.4 Å². The van der Waals surface area contributed by atoms with Gasteiger partial charge < -0.3 is 15.0 Å².